The normalized spacial score (nSPS) is 10.7. The molecule has 0 radical (unpaired) electrons. The fourth-order valence-corrected chi connectivity index (χ4v) is 1.71. The van der Waals surface area contributed by atoms with Crippen LogP contribution < -0.4 is 5.73 Å². The van der Waals surface area contributed by atoms with Crippen LogP contribution in [0.25, 0.3) is 11.0 Å². The Morgan fingerprint density at radius 2 is 2.21 bits per heavy atom. The zero-order chi connectivity index (χ0) is 10.3. The summed E-state index contributed by atoms with van der Waals surface area (Å²) in [6.07, 6.45) is 0. The van der Waals surface area contributed by atoms with Gasteiger partial charge in [0, 0.05) is 16.8 Å². The van der Waals surface area contributed by atoms with Crippen LogP contribution in [0.1, 0.15) is 17.5 Å². The van der Waals surface area contributed by atoms with Gasteiger partial charge >= 0.3 is 0 Å². The summed E-state index contributed by atoms with van der Waals surface area (Å²) in [5.41, 5.74) is 6.82. The lowest BCUT2D eigenvalue weighted by atomic mass is 10.2. The third-order valence-electron chi connectivity index (χ3n) is 2.01. The van der Waals surface area contributed by atoms with Crippen molar-refractivity contribution in [1.82, 2.24) is 0 Å². The molecule has 0 aliphatic rings. The molecule has 3 nitrogen and oxygen atoms in total. The molecule has 0 fully saturated rings. The second-order valence-electron chi connectivity index (χ2n) is 3.04. The smallest absolute Gasteiger partial charge is 0.197 e. The second kappa shape index (κ2) is 3.13. The molecule has 72 valence electrons. The Balaban J connectivity index is 2.80. The number of Topliss-reactive ketones (excluding diaryl/α,β-unsaturated/α-hetero) is 1. The molecule has 0 saturated carbocycles. The highest BCUT2D eigenvalue weighted by Gasteiger charge is 2.14. The van der Waals surface area contributed by atoms with Gasteiger partial charge in [0.25, 0.3) is 0 Å². The van der Waals surface area contributed by atoms with E-state index < -0.39 is 0 Å². The van der Waals surface area contributed by atoms with Crippen LogP contribution in [0.4, 0.5) is 5.69 Å². The van der Waals surface area contributed by atoms with Gasteiger partial charge in [0.2, 0.25) is 0 Å². The van der Waals surface area contributed by atoms with Crippen LogP contribution in [0.15, 0.2) is 27.1 Å². The zero-order valence-corrected chi connectivity index (χ0v) is 9.09. The highest BCUT2D eigenvalue weighted by Crippen LogP contribution is 2.30. The number of anilines is 1. The maximum Gasteiger partial charge on any atom is 0.197 e. The molecule has 2 rings (SSSR count). The van der Waals surface area contributed by atoms with Crippen LogP contribution in [-0.2, 0) is 0 Å². The Morgan fingerprint density at radius 1 is 1.50 bits per heavy atom. The van der Waals surface area contributed by atoms with E-state index in [9.17, 15) is 4.79 Å². The number of hydrogen-bond acceptors (Lipinski definition) is 3. The minimum atomic E-state index is -0.158. The number of fused-ring (bicyclic) bond motifs is 1. The van der Waals surface area contributed by atoms with Gasteiger partial charge in [0.1, 0.15) is 5.58 Å². The van der Waals surface area contributed by atoms with Gasteiger partial charge in [-0.25, -0.2) is 0 Å². The molecule has 1 aromatic heterocycles. The molecule has 1 heterocycles. The van der Waals surface area contributed by atoms with E-state index in [0.29, 0.717) is 11.3 Å². The van der Waals surface area contributed by atoms with E-state index in [2.05, 4.69) is 15.9 Å². The standard InChI is InChI=1S/C10H8BrNO2/c1-5(13)10-9(12)7-4-6(11)2-3-8(7)14-10/h2-4H,12H2,1H3. The van der Waals surface area contributed by atoms with Gasteiger partial charge in [-0.3, -0.25) is 4.79 Å². The number of carbonyl (C=O) groups is 1. The molecule has 0 aliphatic heterocycles. The Labute approximate surface area is 89.0 Å². The third kappa shape index (κ3) is 1.32. The zero-order valence-electron chi connectivity index (χ0n) is 7.50. The summed E-state index contributed by atoms with van der Waals surface area (Å²) in [6.45, 7) is 1.43. The fraction of sp³-hybridized carbons (Fsp3) is 0.100. The van der Waals surface area contributed by atoms with Crippen molar-refractivity contribution in [2.45, 2.75) is 6.92 Å². The number of carbonyl (C=O) groups excluding carboxylic acids is 1. The van der Waals surface area contributed by atoms with Gasteiger partial charge in [-0.05, 0) is 18.2 Å². The Hall–Kier alpha value is -1.29. The molecule has 1 aromatic carbocycles. The van der Waals surface area contributed by atoms with E-state index in [1.807, 2.05) is 12.1 Å². The molecule has 0 unspecified atom stereocenters. The molecule has 0 atom stereocenters. The lowest BCUT2D eigenvalue weighted by Crippen LogP contribution is -1.94. The Kier molecular flexibility index (Phi) is 2.07. The Morgan fingerprint density at radius 3 is 2.86 bits per heavy atom. The minimum Gasteiger partial charge on any atom is -0.451 e. The van der Waals surface area contributed by atoms with Gasteiger partial charge in [-0.15, -0.1) is 0 Å². The number of nitrogens with two attached hydrogens (primary N) is 1. The predicted molar refractivity (Wildman–Crippen MR) is 58.3 cm³/mol. The molecule has 0 amide bonds. The summed E-state index contributed by atoms with van der Waals surface area (Å²) in [7, 11) is 0. The van der Waals surface area contributed by atoms with Crippen molar-refractivity contribution in [3.8, 4) is 0 Å². The van der Waals surface area contributed by atoms with Crippen LogP contribution in [0.3, 0.4) is 0 Å². The van der Waals surface area contributed by atoms with Gasteiger partial charge in [-0.1, -0.05) is 15.9 Å². The molecular formula is C10H8BrNO2. The number of halogens is 1. The van der Waals surface area contributed by atoms with E-state index in [4.69, 9.17) is 10.2 Å². The first-order chi connectivity index (χ1) is 6.59. The highest BCUT2D eigenvalue weighted by atomic mass is 79.9. The number of ketones is 1. The average Bonchev–Trinajstić information content (AvgIpc) is 2.44. The number of benzene rings is 1. The molecular weight excluding hydrogens is 246 g/mol. The molecule has 14 heavy (non-hydrogen) atoms. The second-order valence-corrected chi connectivity index (χ2v) is 3.96. The molecule has 2 aromatic rings. The van der Waals surface area contributed by atoms with Crippen molar-refractivity contribution >= 4 is 38.4 Å². The molecule has 0 aliphatic carbocycles. The van der Waals surface area contributed by atoms with Crippen LogP contribution in [0.5, 0.6) is 0 Å². The summed E-state index contributed by atoms with van der Waals surface area (Å²) < 4.78 is 6.23. The fourth-order valence-electron chi connectivity index (χ4n) is 1.35. The summed E-state index contributed by atoms with van der Waals surface area (Å²) >= 11 is 3.33. The van der Waals surface area contributed by atoms with Crippen molar-refractivity contribution in [2.75, 3.05) is 5.73 Å². The first-order valence-electron chi connectivity index (χ1n) is 4.08. The number of furan rings is 1. The topological polar surface area (TPSA) is 56.2 Å². The quantitative estimate of drug-likeness (QED) is 0.796. The van der Waals surface area contributed by atoms with Crippen molar-refractivity contribution < 1.29 is 9.21 Å². The molecule has 2 N–H and O–H groups in total. The lowest BCUT2D eigenvalue weighted by molar-refractivity contribution is 0.0990. The van der Waals surface area contributed by atoms with Crippen LogP contribution in [-0.4, -0.2) is 5.78 Å². The SMILES string of the molecule is CC(=O)c1oc2ccc(Br)cc2c1N. The van der Waals surface area contributed by atoms with Crippen LogP contribution in [0, 0.1) is 0 Å². The van der Waals surface area contributed by atoms with Crippen LogP contribution in [0.2, 0.25) is 0 Å². The first kappa shape index (κ1) is 9.27. The van der Waals surface area contributed by atoms with Gasteiger partial charge in [0.05, 0.1) is 5.69 Å². The van der Waals surface area contributed by atoms with Crippen molar-refractivity contribution in [1.29, 1.82) is 0 Å². The van der Waals surface area contributed by atoms with Crippen molar-refractivity contribution in [2.24, 2.45) is 0 Å². The summed E-state index contributed by atoms with van der Waals surface area (Å²) in [4.78, 5) is 11.1. The molecule has 4 heteroatoms. The van der Waals surface area contributed by atoms with Gasteiger partial charge < -0.3 is 10.2 Å². The molecule has 0 bridgehead atoms. The summed E-state index contributed by atoms with van der Waals surface area (Å²) in [5, 5.41) is 0.768. The number of hydrogen-bond donors (Lipinski definition) is 1. The Bertz CT molecular complexity index is 516. The maximum absolute atomic E-state index is 11.1. The van der Waals surface area contributed by atoms with Gasteiger partial charge in [-0.2, -0.15) is 0 Å². The molecule has 0 saturated heterocycles. The first-order valence-corrected chi connectivity index (χ1v) is 4.87. The van der Waals surface area contributed by atoms with E-state index in [1.165, 1.54) is 6.92 Å². The van der Waals surface area contributed by atoms with E-state index >= 15 is 0 Å². The highest BCUT2D eigenvalue weighted by molar-refractivity contribution is 9.10. The minimum absolute atomic E-state index is 0.158. The largest absolute Gasteiger partial charge is 0.451 e. The third-order valence-corrected chi connectivity index (χ3v) is 2.50. The maximum atomic E-state index is 11.1. The summed E-state index contributed by atoms with van der Waals surface area (Å²) in [5.74, 6) is 0.0768. The van der Waals surface area contributed by atoms with E-state index in [0.717, 1.165) is 9.86 Å². The lowest BCUT2D eigenvalue weighted by Gasteiger charge is -1.90. The van der Waals surface area contributed by atoms with Gasteiger partial charge in [0.15, 0.2) is 11.5 Å². The van der Waals surface area contributed by atoms with E-state index in [1.54, 1.807) is 6.07 Å². The monoisotopic (exact) mass is 253 g/mol. The summed E-state index contributed by atoms with van der Waals surface area (Å²) in [6, 6.07) is 5.46. The average molecular weight is 254 g/mol. The number of nitrogen functional groups attached to an aromatic ring is 1. The van der Waals surface area contributed by atoms with Crippen LogP contribution >= 0.6 is 15.9 Å². The van der Waals surface area contributed by atoms with Crippen molar-refractivity contribution in [3.63, 3.8) is 0 Å². The number of rotatable bonds is 1. The predicted octanol–water partition coefficient (Wildman–Crippen LogP) is 2.98. The molecule has 0 spiro atoms. The van der Waals surface area contributed by atoms with Crippen molar-refractivity contribution in [3.05, 3.63) is 28.4 Å². The van der Waals surface area contributed by atoms with E-state index in [-0.39, 0.29) is 11.5 Å².